The maximum atomic E-state index is 5.74. The number of hydrogen-bond donors (Lipinski definition) is 1. The molecule has 3 aliphatic rings. The van der Waals surface area contributed by atoms with Crippen LogP contribution in [0.4, 0.5) is 5.69 Å². The molecule has 0 saturated carbocycles. The van der Waals surface area contributed by atoms with E-state index in [1.165, 1.54) is 59.9 Å². The van der Waals surface area contributed by atoms with Crippen LogP contribution in [0.1, 0.15) is 31.2 Å². The monoisotopic (exact) mass is 481 g/mol. The Morgan fingerprint density at radius 1 is 1.06 bits per heavy atom. The van der Waals surface area contributed by atoms with Crippen molar-refractivity contribution >= 4 is 16.5 Å². The fraction of sp³-hybridized carbons (Fsp3) is 0.444. The van der Waals surface area contributed by atoms with E-state index in [9.17, 15) is 0 Å². The lowest BCUT2D eigenvalue weighted by Gasteiger charge is -2.26. The van der Waals surface area contributed by atoms with Gasteiger partial charge in [0.15, 0.2) is 24.2 Å². The summed E-state index contributed by atoms with van der Waals surface area (Å²) in [5.74, 6) is 2.61. The first-order valence-electron chi connectivity index (χ1n) is 12.2. The number of methoxy groups -OCH3 is 1. The van der Waals surface area contributed by atoms with E-state index < -0.39 is 0 Å². The van der Waals surface area contributed by atoms with E-state index in [0.717, 1.165) is 55.4 Å². The normalized spacial score (nSPS) is 16.5. The molecule has 34 heavy (non-hydrogen) atoms. The number of pyridine rings is 1. The molecule has 0 unspecified atom stereocenters. The van der Waals surface area contributed by atoms with E-state index in [-0.39, 0.29) is 12.4 Å². The highest BCUT2D eigenvalue weighted by atomic mass is 35.5. The van der Waals surface area contributed by atoms with Crippen molar-refractivity contribution < 1.29 is 31.2 Å². The number of likely N-dealkylation sites (tertiary alicyclic amines) is 1. The molecule has 1 saturated heterocycles. The zero-order valence-corrected chi connectivity index (χ0v) is 20.5. The van der Waals surface area contributed by atoms with Gasteiger partial charge in [0.25, 0.3) is 0 Å². The maximum Gasteiger partial charge on any atom is 0.231 e. The van der Waals surface area contributed by atoms with E-state index in [1.54, 1.807) is 7.11 Å². The molecule has 1 fully saturated rings. The number of piperidine rings is 1. The van der Waals surface area contributed by atoms with Gasteiger partial charge in [0.2, 0.25) is 12.5 Å². The van der Waals surface area contributed by atoms with E-state index in [1.807, 2.05) is 0 Å². The standard InChI is InChI=1S/C27H31N3O3.ClH/c1-31-24-7-6-19-14-23-21-16-26-25(32-18-33-26)15-20(21)8-13-30(23)17-22(19)27(24)28-9-5-12-29-10-3-2-4-11-29;/h6-7,14-17H,2-5,8-13,18H2,1H3;1H. The molecular formula is C27H32ClN3O3. The zero-order valence-electron chi connectivity index (χ0n) is 19.7. The minimum atomic E-state index is 0. The Labute approximate surface area is 207 Å². The van der Waals surface area contributed by atoms with Crippen molar-refractivity contribution in [1.29, 1.82) is 0 Å². The van der Waals surface area contributed by atoms with Gasteiger partial charge < -0.3 is 36.8 Å². The predicted molar refractivity (Wildman–Crippen MR) is 129 cm³/mol. The summed E-state index contributed by atoms with van der Waals surface area (Å²) in [6.45, 7) is 5.87. The SMILES string of the molecule is COc1ccc2cc3[n+](cc2c1NCCCN1CCCCC1)CCc1cc2c(cc1-3)OCO2.[Cl-]. The van der Waals surface area contributed by atoms with Crippen LogP contribution in [-0.4, -0.2) is 45.0 Å². The number of halogens is 1. The van der Waals surface area contributed by atoms with Crippen molar-refractivity contribution in [3.63, 3.8) is 0 Å². The van der Waals surface area contributed by atoms with Crippen LogP contribution in [0, 0.1) is 0 Å². The first kappa shape index (κ1) is 23.1. The molecule has 3 aromatic rings. The fourth-order valence-electron chi connectivity index (χ4n) is 5.48. The number of aryl methyl sites for hydroxylation is 2. The van der Waals surface area contributed by atoms with Gasteiger partial charge in [-0.05, 0) is 68.0 Å². The summed E-state index contributed by atoms with van der Waals surface area (Å²) >= 11 is 0. The van der Waals surface area contributed by atoms with Gasteiger partial charge in [-0.25, -0.2) is 0 Å². The highest BCUT2D eigenvalue weighted by molar-refractivity contribution is 5.97. The van der Waals surface area contributed by atoms with Gasteiger partial charge in [0.05, 0.1) is 23.7 Å². The van der Waals surface area contributed by atoms with E-state index in [0.29, 0.717) is 6.79 Å². The molecule has 6 nitrogen and oxygen atoms in total. The quantitative estimate of drug-likeness (QED) is 0.426. The summed E-state index contributed by atoms with van der Waals surface area (Å²) < 4.78 is 19.4. The molecule has 0 atom stereocenters. The van der Waals surface area contributed by atoms with Crippen LogP contribution in [-0.2, 0) is 13.0 Å². The van der Waals surface area contributed by atoms with Crippen molar-refractivity contribution in [3.05, 3.63) is 42.1 Å². The predicted octanol–water partition coefficient (Wildman–Crippen LogP) is 1.38. The number of aromatic nitrogens is 1. The number of nitrogens with one attached hydrogen (secondary N) is 1. The van der Waals surface area contributed by atoms with E-state index >= 15 is 0 Å². The van der Waals surface area contributed by atoms with Gasteiger partial charge in [-0.15, -0.1) is 0 Å². The van der Waals surface area contributed by atoms with Gasteiger partial charge in [0, 0.05) is 19.0 Å². The largest absolute Gasteiger partial charge is 1.00 e. The summed E-state index contributed by atoms with van der Waals surface area (Å²) in [6.07, 6.45) is 8.48. The lowest BCUT2D eigenvalue weighted by atomic mass is 9.95. The zero-order chi connectivity index (χ0) is 22.2. The minimum absolute atomic E-state index is 0. The highest BCUT2D eigenvalue weighted by Crippen LogP contribution is 2.41. The molecule has 0 spiro atoms. The lowest BCUT2D eigenvalue weighted by Crippen LogP contribution is -3.00. The molecule has 1 N–H and O–H groups in total. The number of rotatable bonds is 6. The van der Waals surface area contributed by atoms with Crippen molar-refractivity contribution in [1.82, 2.24) is 4.90 Å². The van der Waals surface area contributed by atoms with Gasteiger partial charge in [-0.3, -0.25) is 0 Å². The molecule has 0 radical (unpaired) electrons. The second kappa shape index (κ2) is 9.88. The van der Waals surface area contributed by atoms with Crippen LogP contribution in [0.5, 0.6) is 17.2 Å². The maximum absolute atomic E-state index is 5.74. The van der Waals surface area contributed by atoms with Gasteiger partial charge >= 0.3 is 0 Å². The number of ether oxygens (including phenoxy) is 3. The number of fused-ring (bicyclic) bond motifs is 5. The number of hydrogen-bond acceptors (Lipinski definition) is 5. The molecule has 6 rings (SSSR count). The first-order chi connectivity index (χ1) is 16.3. The van der Waals surface area contributed by atoms with Crippen LogP contribution in [0.25, 0.3) is 22.0 Å². The Kier molecular flexibility index (Phi) is 6.70. The van der Waals surface area contributed by atoms with Crippen LogP contribution in [0.3, 0.4) is 0 Å². The second-order valence-corrected chi connectivity index (χ2v) is 9.29. The summed E-state index contributed by atoms with van der Waals surface area (Å²) in [5, 5.41) is 6.13. The molecule has 0 aliphatic carbocycles. The Morgan fingerprint density at radius 3 is 2.71 bits per heavy atom. The summed E-state index contributed by atoms with van der Waals surface area (Å²) in [7, 11) is 1.75. The number of nitrogens with zero attached hydrogens (tertiary/aromatic N) is 2. The highest BCUT2D eigenvalue weighted by Gasteiger charge is 2.28. The Balaban J connectivity index is 0.00000241. The van der Waals surface area contributed by atoms with Crippen molar-refractivity contribution in [2.24, 2.45) is 0 Å². The van der Waals surface area contributed by atoms with Crippen molar-refractivity contribution in [2.75, 3.05) is 45.4 Å². The average Bonchev–Trinajstić information content (AvgIpc) is 3.32. The van der Waals surface area contributed by atoms with Gasteiger partial charge in [0.1, 0.15) is 5.75 Å². The van der Waals surface area contributed by atoms with Gasteiger partial charge in [-0.1, -0.05) is 12.5 Å². The molecule has 0 bridgehead atoms. The topological polar surface area (TPSA) is 46.8 Å². The van der Waals surface area contributed by atoms with Crippen LogP contribution in [0.2, 0.25) is 0 Å². The molecule has 1 aromatic heterocycles. The Morgan fingerprint density at radius 2 is 1.88 bits per heavy atom. The Bertz CT molecular complexity index is 1190. The summed E-state index contributed by atoms with van der Waals surface area (Å²) in [5.41, 5.74) is 4.88. The smallest absolute Gasteiger partial charge is 0.231 e. The summed E-state index contributed by atoms with van der Waals surface area (Å²) in [6, 6.07) is 10.8. The van der Waals surface area contributed by atoms with E-state index in [2.05, 4.69) is 51.3 Å². The molecule has 0 amide bonds. The van der Waals surface area contributed by atoms with Crippen molar-refractivity contribution in [2.45, 2.75) is 38.6 Å². The number of anilines is 1. The lowest BCUT2D eigenvalue weighted by molar-refractivity contribution is -0.686. The Hall–Kier alpha value is -2.70. The van der Waals surface area contributed by atoms with E-state index in [4.69, 9.17) is 14.2 Å². The van der Waals surface area contributed by atoms with Crippen LogP contribution >= 0.6 is 0 Å². The molecule has 7 heteroatoms. The summed E-state index contributed by atoms with van der Waals surface area (Å²) in [4.78, 5) is 2.60. The first-order valence-corrected chi connectivity index (χ1v) is 12.2. The molecule has 4 heterocycles. The molecule has 3 aliphatic heterocycles. The fourth-order valence-corrected chi connectivity index (χ4v) is 5.48. The molecule has 180 valence electrons. The van der Waals surface area contributed by atoms with Crippen LogP contribution in [0.15, 0.2) is 36.5 Å². The van der Waals surface area contributed by atoms with Gasteiger partial charge in [-0.2, -0.15) is 4.57 Å². The average molecular weight is 482 g/mol. The number of benzene rings is 2. The van der Waals surface area contributed by atoms with Crippen LogP contribution < -0.4 is 36.5 Å². The minimum Gasteiger partial charge on any atom is -1.00 e. The molecule has 2 aromatic carbocycles. The second-order valence-electron chi connectivity index (χ2n) is 9.29. The molecular weight excluding hydrogens is 450 g/mol. The third-order valence-electron chi connectivity index (χ3n) is 7.25. The third kappa shape index (κ3) is 4.25. The van der Waals surface area contributed by atoms with Crippen molar-refractivity contribution in [3.8, 4) is 28.5 Å². The third-order valence-corrected chi connectivity index (χ3v) is 7.25.